The SMILES string of the molecule is [B]C1OC(NC(C)C(CCC)OP(C)(=O)C(CC)(CC)C(C)(CC)OP(=O)(O)C(C)(O)CC)C(O)C1O. The zero-order valence-electron chi connectivity index (χ0n) is 24.0. The Morgan fingerprint density at radius 3 is 1.95 bits per heavy atom. The Labute approximate surface area is 224 Å². The fraction of sp³-hybridized carbons (Fsp3) is 1.00. The van der Waals surface area contributed by atoms with Crippen molar-refractivity contribution in [1.29, 1.82) is 0 Å². The second-order valence-corrected chi connectivity index (χ2v) is 15.7. The van der Waals surface area contributed by atoms with Gasteiger partial charge in [0.2, 0.25) is 7.37 Å². The Kier molecular flexibility index (Phi) is 12.6. The lowest BCUT2D eigenvalue weighted by Crippen LogP contribution is -2.54. The molecule has 1 fully saturated rings. The Bertz CT molecular complexity index is 828. The average molecular weight is 569 g/mol. The van der Waals surface area contributed by atoms with Gasteiger partial charge in [-0.2, -0.15) is 0 Å². The van der Waals surface area contributed by atoms with Crippen LogP contribution in [0.25, 0.3) is 0 Å². The molecule has 0 saturated carbocycles. The Morgan fingerprint density at radius 2 is 1.57 bits per heavy atom. The minimum Gasteiger partial charge on any atom is -0.388 e. The molecule has 1 aliphatic heterocycles. The van der Waals surface area contributed by atoms with Crippen molar-refractivity contribution in [3.05, 3.63) is 0 Å². The fourth-order valence-electron chi connectivity index (χ4n) is 5.30. The zero-order chi connectivity index (χ0) is 29.0. The van der Waals surface area contributed by atoms with Crippen LogP contribution in [0.1, 0.15) is 93.9 Å². The van der Waals surface area contributed by atoms with Crippen molar-refractivity contribution in [2.24, 2.45) is 0 Å². The molecule has 10 atom stereocenters. The van der Waals surface area contributed by atoms with Gasteiger partial charge >= 0.3 is 7.60 Å². The number of hydrogen-bond donors (Lipinski definition) is 5. The van der Waals surface area contributed by atoms with Crippen molar-refractivity contribution in [2.45, 2.75) is 147 Å². The Morgan fingerprint density at radius 1 is 1.03 bits per heavy atom. The molecule has 218 valence electrons. The molecule has 0 aromatic heterocycles. The standard InChI is InChI=1S/C24H50BNO9P2/c1-10-15-17(16(6)26-21-19(28)18(27)20(25)33-21)34-36(9,30)24(13-4,14-5)22(7,11-2)35-37(31,32)23(8,29)12-3/h16-21,26-29H,10-15H2,1-9H3,(H,31,32). The predicted octanol–water partition coefficient (Wildman–Crippen LogP) is 3.68. The van der Waals surface area contributed by atoms with Crippen LogP contribution in [0.5, 0.6) is 0 Å². The number of aliphatic hydroxyl groups is 3. The van der Waals surface area contributed by atoms with Crippen LogP contribution < -0.4 is 5.32 Å². The largest absolute Gasteiger partial charge is 0.388 e. The van der Waals surface area contributed by atoms with Crippen molar-refractivity contribution >= 4 is 22.8 Å². The van der Waals surface area contributed by atoms with E-state index >= 15 is 0 Å². The first-order valence-electron chi connectivity index (χ1n) is 13.4. The monoisotopic (exact) mass is 569 g/mol. The summed E-state index contributed by atoms with van der Waals surface area (Å²) in [5.41, 5.74) is -1.36. The first-order valence-corrected chi connectivity index (χ1v) is 17.1. The lowest BCUT2D eigenvalue weighted by molar-refractivity contribution is -0.0201. The van der Waals surface area contributed by atoms with E-state index in [4.69, 9.17) is 21.6 Å². The summed E-state index contributed by atoms with van der Waals surface area (Å²) < 4.78 is 45.6. The fourth-order valence-corrected chi connectivity index (χ4v) is 10.0. The van der Waals surface area contributed by atoms with Gasteiger partial charge in [0.25, 0.3) is 0 Å². The highest BCUT2D eigenvalue weighted by molar-refractivity contribution is 7.60. The summed E-state index contributed by atoms with van der Waals surface area (Å²) in [6.45, 7) is 15.3. The van der Waals surface area contributed by atoms with Crippen LogP contribution in [-0.2, 0) is 22.9 Å². The van der Waals surface area contributed by atoms with Gasteiger partial charge in [0.15, 0.2) is 5.34 Å². The smallest absolute Gasteiger partial charge is 0.359 e. The Balaban J connectivity index is 3.38. The number of nitrogens with one attached hydrogen (secondary N) is 1. The third-order valence-corrected chi connectivity index (χ3v) is 13.9. The van der Waals surface area contributed by atoms with E-state index in [1.54, 1.807) is 20.8 Å². The van der Waals surface area contributed by atoms with Crippen LogP contribution in [0.15, 0.2) is 0 Å². The second kappa shape index (κ2) is 13.2. The van der Waals surface area contributed by atoms with Crippen molar-refractivity contribution in [2.75, 3.05) is 6.66 Å². The van der Waals surface area contributed by atoms with E-state index in [0.717, 1.165) is 0 Å². The number of hydrogen-bond acceptors (Lipinski definition) is 9. The van der Waals surface area contributed by atoms with Gasteiger partial charge < -0.3 is 29.5 Å². The first kappa shape index (κ1) is 35.2. The third-order valence-electron chi connectivity index (χ3n) is 8.41. The molecule has 1 heterocycles. The van der Waals surface area contributed by atoms with Crippen LogP contribution in [0.2, 0.25) is 0 Å². The summed E-state index contributed by atoms with van der Waals surface area (Å²) in [4.78, 5) is 10.8. The highest BCUT2D eigenvalue weighted by Crippen LogP contribution is 2.70. The molecule has 0 spiro atoms. The van der Waals surface area contributed by atoms with E-state index < -0.39 is 67.6 Å². The minimum atomic E-state index is -4.54. The van der Waals surface area contributed by atoms with E-state index in [0.29, 0.717) is 25.7 Å². The lowest BCUT2D eigenvalue weighted by atomic mass is 9.82. The van der Waals surface area contributed by atoms with Crippen molar-refractivity contribution in [1.82, 2.24) is 5.32 Å². The van der Waals surface area contributed by atoms with E-state index in [2.05, 4.69) is 5.32 Å². The van der Waals surface area contributed by atoms with Crippen LogP contribution in [-0.4, -0.2) is 87.4 Å². The third kappa shape index (κ3) is 7.11. The van der Waals surface area contributed by atoms with Crippen molar-refractivity contribution in [3.63, 3.8) is 0 Å². The molecule has 0 aliphatic carbocycles. The summed E-state index contributed by atoms with van der Waals surface area (Å²) in [5.74, 6) is 0. The molecule has 13 heteroatoms. The molecule has 0 aromatic rings. The summed E-state index contributed by atoms with van der Waals surface area (Å²) in [7, 11) is -2.45. The maximum Gasteiger partial charge on any atom is 0.359 e. The number of rotatable bonds is 16. The molecular formula is C24H50BNO9P2. The summed E-state index contributed by atoms with van der Waals surface area (Å²) in [6.07, 6.45) is -1.82. The van der Waals surface area contributed by atoms with Gasteiger partial charge in [-0.15, -0.1) is 0 Å². The topological polar surface area (TPSA) is 155 Å². The maximum atomic E-state index is 14.6. The van der Waals surface area contributed by atoms with Gasteiger partial charge in [0.1, 0.15) is 26.3 Å². The highest BCUT2D eigenvalue weighted by atomic mass is 31.2. The van der Waals surface area contributed by atoms with Crippen molar-refractivity contribution < 1.29 is 43.1 Å². The van der Waals surface area contributed by atoms with Gasteiger partial charge in [-0.1, -0.05) is 41.0 Å². The molecule has 10 nitrogen and oxygen atoms in total. The second-order valence-electron chi connectivity index (χ2n) is 10.7. The first-order chi connectivity index (χ1) is 16.9. The highest BCUT2D eigenvalue weighted by Gasteiger charge is 2.60. The van der Waals surface area contributed by atoms with Crippen LogP contribution >= 0.6 is 15.0 Å². The molecule has 1 saturated heterocycles. The van der Waals surface area contributed by atoms with Gasteiger partial charge in [-0.25, -0.2) is 0 Å². The average Bonchev–Trinajstić information content (AvgIpc) is 3.05. The van der Waals surface area contributed by atoms with Gasteiger partial charge in [0.05, 0.1) is 16.9 Å². The molecule has 0 amide bonds. The lowest BCUT2D eigenvalue weighted by Gasteiger charge is -2.52. The summed E-state index contributed by atoms with van der Waals surface area (Å²) in [6, 6.07) is -1.48. The van der Waals surface area contributed by atoms with Gasteiger partial charge in [-0.05, 0) is 52.9 Å². The predicted molar refractivity (Wildman–Crippen MR) is 146 cm³/mol. The van der Waals surface area contributed by atoms with E-state index in [9.17, 15) is 29.3 Å². The van der Waals surface area contributed by atoms with Gasteiger partial charge in [0, 0.05) is 18.7 Å². The van der Waals surface area contributed by atoms with E-state index in [1.165, 1.54) is 13.6 Å². The molecule has 5 N–H and O–H groups in total. The molecular weight excluding hydrogens is 519 g/mol. The molecule has 0 bridgehead atoms. The van der Waals surface area contributed by atoms with Gasteiger partial charge in [-0.3, -0.25) is 19.0 Å². The molecule has 1 rings (SSSR count). The van der Waals surface area contributed by atoms with Crippen LogP contribution in [0.3, 0.4) is 0 Å². The summed E-state index contributed by atoms with van der Waals surface area (Å²) in [5, 5.41) is 30.8. The van der Waals surface area contributed by atoms with E-state index in [-0.39, 0.29) is 12.8 Å². The minimum absolute atomic E-state index is 0.00130. The normalized spacial score (nSPS) is 31.1. The summed E-state index contributed by atoms with van der Waals surface area (Å²) >= 11 is 0. The number of aliphatic hydroxyl groups excluding tert-OH is 2. The van der Waals surface area contributed by atoms with E-state index in [1.807, 2.05) is 27.7 Å². The zero-order valence-corrected chi connectivity index (χ0v) is 25.8. The molecule has 37 heavy (non-hydrogen) atoms. The maximum absolute atomic E-state index is 14.6. The molecule has 1 aliphatic rings. The Hall–Kier alpha value is 0.205. The quantitative estimate of drug-likeness (QED) is 0.137. The van der Waals surface area contributed by atoms with Crippen molar-refractivity contribution in [3.8, 4) is 0 Å². The molecule has 2 radical (unpaired) electrons. The van der Waals surface area contributed by atoms with Crippen LogP contribution in [0, 0.1) is 0 Å². The number of ether oxygens (including phenoxy) is 1. The molecule has 10 unspecified atom stereocenters. The molecule has 0 aromatic carbocycles. The van der Waals surface area contributed by atoms with Crippen LogP contribution in [0.4, 0.5) is 0 Å².